The van der Waals surface area contributed by atoms with E-state index in [2.05, 4.69) is 10.6 Å². The Bertz CT molecular complexity index is 787. The molecule has 0 spiro atoms. The Morgan fingerprint density at radius 1 is 1.21 bits per heavy atom. The Kier molecular flexibility index (Phi) is 8.16. The fraction of sp³-hybridized carbons (Fsp3) is 0.474. The molecular formula is C19H29N4O4S+. The monoisotopic (exact) mass is 409 g/mol. The Hall–Kier alpha value is -2.23. The minimum Gasteiger partial charge on any atom is -0.355 e. The molecule has 1 aromatic carbocycles. The van der Waals surface area contributed by atoms with Gasteiger partial charge in [-0.1, -0.05) is 30.3 Å². The molecule has 3 N–H and O–H groups in total. The lowest BCUT2D eigenvalue weighted by atomic mass is 10.2. The first-order valence-electron chi connectivity index (χ1n) is 9.45. The molecule has 0 aliphatic carbocycles. The van der Waals surface area contributed by atoms with Crippen LogP contribution in [0.1, 0.15) is 19.4 Å². The molecule has 2 rings (SSSR count). The van der Waals surface area contributed by atoms with Gasteiger partial charge in [-0.05, 0) is 25.5 Å². The van der Waals surface area contributed by atoms with Crippen LogP contribution in [0.15, 0.2) is 35.7 Å². The molecule has 1 heterocycles. The molecule has 8 nitrogen and oxygen atoms in total. The van der Waals surface area contributed by atoms with Crippen LogP contribution in [0.4, 0.5) is 0 Å². The summed E-state index contributed by atoms with van der Waals surface area (Å²) in [5.41, 5.74) is 0.827. The topological polar surface area (TPSA) is 100 Å². The van der Waals surface area contributed by atoms with Gasteiger partial charge in [-0.2, -0.15) is 4.31 Å². The summed E-state index contributed by atoms with van der Waals surface area (Å²) in [5.74, 6) is -0.430. The zero-order valence-electron chi connectivity index (χ0n) is 16.3. The van der Waals surface area contributed by atoms with Crippen molar-refractivity contribution in [1.82, 2.24) is 14.9 Å². The van der Waals surface area contributed by atoms with Crippen molar-refractivity contribution in [2.45, 2.75) is 19.9 Å². The molecule has 9 heteroatoms. The van der Waals surface area contributed by atoms with Crippen LogP contribution in [0.3, 0.4) is 0 Å². The van der Waals surface area contributed by atoms with Crippen molar-refractivity contribution in [1.29, 1.82) is 0 Å². The maximum absolute atomic E-state index is 12.5. The third-order valence-electron chi connectivity index (χ3n) is 4.55. The summed E-state index contributed by atoms with van der Waals surface area (Å²) < 4.78 is 26.4. The van der Waals surface area contributed by atoms with Gasteiger partial charge in [0.1, 0.15) is 6.04 Å². The van der Waals surface area contributed by atoms with Gasteiger partial charge < -0.3 is 15.5 Å². The Labute approximate surface area is 166 Å². The predicted molar refractivity (Wildman–Crippen MR) is 108 cm³/mol. The number of sulfonamides is 1. The summed E-state index contributed by atoms with van der Waals surface area (Å²) in [6.07, 6.45) is 1.59. The smallest absolute Gasteiger partial charge is 0.275 e. The molecule has 0 saturated carbocycles. The van der Waals surface area contributed by atoms with E-state index in [0.717, 1.165) is 10.5 Å². The minimum atomic E-state index is -3.48. The second-order valence-electron chi connectivity index (χ2n) is 6.77. The SMILES string of the molecule is CCNC(=O)[C@@H](C)NC(=O)C[NH+]1CCN(S(=O)(=O)/C=C/c2ccccc2)CC1. The molecule has 1 saturated heterocycles. The van der Waals surface area contributed by atoms with E-state index in [-0.39, 0.29) is 18.4 Å². The Morgan fingerprint density at radius 2 is 1.86 bits per heavy atom. The van der Waals surface area contributed by atoms with Crippen molar-refractivity contribution in [3.8, 4) is 0 Å². The van der Waals surface area contributed by atoms with Gasteiger partial charge in [0.15, 0.2) is 6.54 Å². The van der Waals surface area contributed by atoms with Crippen molar-refractivity contribution in [3.05, 3.63) is 41.3 Å². The zero-order chi connectivity index (χ0) is 20.6. The summed E-state index contributed by atoms with van der Waals surface area (Å²) in [6.45, 7) is 5.99. The molecule has 1 aliphatic rings. The normalized spacial score (nSPS) is 17.4. The fourth-order valence-corrected chi connectivity index (χ4v) is 4.15. The maximum atomic E-state index is 12.5. The number of quaternary nitrogens is 1. The first-order chi connectivity index (χ1) is 13.3. The number of hydrogen-bond donors (Lipinski definition) is 3. The zero-order valence-corrected chi connectivity index (χ0v) is 17.2. The summed E-state index contributed by atoms with van der Waals surface area (Å²) in [4.78, 5) is 24.8. The highest BCUT2D eigenvalue weighted by Gasteiger charge is 2.29. The molecule has 1 aliphatic heterocycles. The summed E-state index contributed by atoms with van der Waals surface area (Å²) in [6, 6.07) is 8.68. The van der Waals surface area contributed by atoms with Crippen molar-refractivity contribution >= 4 is 27.9 Å². The van der Waals surface area contributed by atoms with Crippen LogP contribution in [-0.4, -0.2) is 69.8 Å². The maximum Gasteiger partial charge on any atom is 0.275 e. The Balaban J connectivity index is 1.81. The van der Waals surface area contributed by atoms with Crippen molar-refractivity contribution in [2.75, 3.05) is 39.3 Å². The number of carbonyl (C=O) groups excluding carboxylic acids is 2. The molecule has 0 radical (unpaired) electrons. The quantitative estimate of drug-likeness (QED) is 0.504. The number of nitrogens with zero attached hydrogens (tertiary/aromatic N) is 1. The number of likely N-dealkylation sites (N-methyl/N-ethyl adjacent to an activating group) is 1. The summed E-state index contributed by atoms with van der Waals surface area (Å²) >= 11 is 0. The van der Waals surface area contributed by atoms with Crippen LogP contribution in [-0.2, 0) is 19.6 Å². The van der Waals surface area contributed by atoms with Crippen molar-refractivity contribution in [3.63, 3.8) is 0 Å². The molecule has 0 unspecified atom stereocenters. The number of rotatable bonds is 8. The van der Waals surface area contributed by atoms with E-state index in [4.69, 9.17) is 0 Å². The van der Waals surface area contributed by atoms with Crippen LogP contribution in [0, 0.1) is 0 Å². The third-order valence-corrected chi connectivity index (χ3v) is 6.12. The molecule has 0 aromatic heterocycles. The number of benzene rings is 1. The molecule has 1 aromatic rings. The minimum absolute atomic E-state index is 0.214. The van der Waals surface area contributed by atoms with E-state index in [9.17, 15) is 18.0 Å². The highest BCUT2D eigenvalue weighted by molar-refractivity contribution is 7.92. The highest BCUT2D eigenvalue weighted by atomic mass is 32.2. The number of amides is 2. The van der Waals surface area contributed by atoms with Crippen LogP contribution in [0.2, 0.25) is 0 Å². The van der Waals surface area contributed by atoms with Gasteiger partial charge in [-0.15, -0.1) is 0 Å². The fourth-order valence-electron chi connectivity index (χ4n) is 2.96. The molecule has 28 heavy (non-hydrogen) atoms. The summed E-state index contributed by atoms with van der Waals surface area (Å²) in [7, 11) is -3.48. The van der Waals surface area contributed by atoms with E-state index in [1.54, 1.807) is 13.0 Å². The number of hydrogen-bond acceptors (Lipinski definition) is 4. The van der Waals surface area contributed by atoms with Gasteiger partial charge >= 0.3 is 0 Å². The lowest BCUT2D eigenvalue weighted by molar-refractivity contribution is -0.895. The Morgan fingerprint density at radius 3 is 2.46 bits per heavy atom. The van der Waals surface area contributed by atoms with Crippen LogP contribution >= 0.6 is 0 Å². The van der Waals surface area contributed by atoms with E-state index in [0.29, 0.717) is 32.7 Å². The van der Waals surface area contributed by atoms with Gasteiger partial charge in [0.2, 0.25) is 15.9 Å². The molecule has 2 amide bonds. The molecule has 1 fully saturated rings. The lowest BCUT2D eigenvalue weighted by Crippen LogP contribution is -3.15. The largest absolute Gasteiger partial charge is 0.355 e. The molecular weight excluding hydrogens is 380 g/mol. The average molecular weight is 410 g/mol. The lowest BCUT2D eigenvalue weighted by Gasteiger charge is -2.30. The number of piperazine rings is 1. The molecule has 0 bridgehead atoms. The predicted octanol–water partition coefficient (Wildman–Crippen LogP) is -1.17. The van der Waals surface area contributed by atoms with Crippen molar-refractivity contribution < 1.29 is 22.9 Å². The second kappa shape index (κ2) is 10.4. The van der Waals surface area contributed by atoms with Crippen molar-refractivity contribution in [2.24, 2.45) is 0 Å². The van der Waals surface area contributed by atoms with Gasteiger partial charge in [0.05, 0.1) is 26.2 Å². The van der Waals surface area contributed by atoms with E-state index >= 15 is 0 Å². The number of carbonyl (C=O) groups is 2. The van der Waals surface area contributed by atoms with Crippen LogP contribution < -0.4 is 15.5 Å². The van der Waals surface area contributed by atoms with E-state index < -0.39 is 16.1 Å². The molecule has 1 atom stereocenters. The first kappa shape index (κ1) is 22.1. The van der Waals surface area contributed by atoms with Gasteiger partial charge in [-0.3, -0.25) is 9.59 Å². The summed E-state index contributed by atoms with van der Waals surface area (Å²) in [5, 5.41) is 6.57. The average Bonchev–Trinajstić information content (AvgIpc) is 2.68. The van der Waals surface area contributed by atoms with E-state index in [1.807, 2.05) is 37.3 Å². The van der Waals surface area contributed by atoms with E-state index in [1.165, 1.54) is 9.71 Å². The van der Waals surface area contributed by atoms with Crippen LogP contribution in [0.25, 0.3) is 6.08 Å². The third kappa shape index (κ3) is 6.74. The van der Waals surface area contributed by atoms with Gasteiger partial charge in [-0.25, -0.2) is 8.42 Å². The highest BCUT2D eigenvalue weighted by Crippen LogP contribution is 2.08. The van der Waals surface area contributed by atoms with Gasteiger partial charge in [0.25, 0.3) is 5.91 Å². The van der Waals surface area contributed by atoms with Crippen LogP contribution in [0.5, 0.6) is 0 Å². The standard InChI is InChI=1S/C19H28N4O4S/c1-3-20-19(25)16(2)21-18(24)15-22-10-12-23(13-11-22)28(26,27)14-9-17-7-5-4-6-8-17/h4-9,14,16H,3,10-13,15H2,1-2H3,(H,20,25)(H,21,24)/p+1/b14-9+/t16-/m1/s1. The molecule has 154 valence electrons. The second-order valence-corrected chi connectivity index (χ2v) is 8.59. The van der Waals surface area contributed by atoms with Gasteiger partial charge in [0, 0.05) is 12.0 Å². The first-order valence-corrected chi connectivity index (χ1v) is 11.0. The number of nitrogens with one attached hydrogen (secondary N) is 3.